The second kappa shape index (κ2) is 4.10. The summed E-state index contributed by atoms with van der Waals surface area (Å²) in [6, 6.07) is 9.97. The molecular weight excluding hydrogens is 120 g/mol. The highest BCUT2D eigenvalue weighted by Gasteiger charge is 1.87. The first-order valence-corrected chi connectivity index (χ1v) is 3.62. The van der Waals surface area contributed by atoms with Crippen molar-refractivity contribution in [3.05, 3.63) is 35.9 Å². The Morgan fingerprint density at radius 2 is 2.10 bits per heavy atom. The molecule has 0 spiro atoms. The van der Waals surface area contributed by atoms with Crippen molar-refractivity contribution in [2.75, 3.05) is 0 Å². The van der Waals surface area contributed by atoms with Gasteiger partial charge < -0.3 is 0 Å². The third-order valence-electron chi connectivity index (χ3n) is 1.49. The summed E-state index contributed by atoms with van der Waals surface area (Å²) in [5.74, 6) is 0. The third-order valence-corrected chi connectivity index (χ3v) is 1.49. The second-order valence-corrected chi connectivity index (χ2v) is 2.34. The lowest BCUT2D eigenvalue weighted by Crippen LogP contribution is -1.81. The van der Waals surface area contributed by atoms with Gasteiger partial charge in [-0.2, -0.15) is 0 Å². The molecule has 0 amide bonds. The molecule has 0 N–H and O–H groups in total. The van der Waals surface area contributed by atoms with Gasteiger partial charge in [0.2, 0.25) is 0 Å². The standard InChI is InChI=1S/C10H14/c1-2-3-7-10-8-5-4-6-9-10/h4-6,8-9H,2-3,7H2,1H3/i1D3. The summed E-state index contributed by atoms with van der Waals surface area (Å²) in [5.41, 5.74) is 1.21. The van der Waals surface area contributed by atoms with E-state index in [4.69, 9.17) is 4.11 Å². The maximum absolute atomic E-state index is 7.03. The van der Waals surface area contributed by atoms with Crippen LogP contribution < -0.4 is 0 Å². The first kappa shape index (κ1) is 4.17. The van der Waals surface area contributed by atoms with Crippen LogP contribution in [0.15, 0.2) is 30.3 Å². The van der Waals surface area contributed by atoms with Crippen molar-refractivity contribution < 1.29 is 4.11 Å². The molecule has 1 rings (SSSR count). The Bertz CT molecular complexity index is 238. The average Bonchev–Trinajstić information content (AvgIpc) is 2.04. The van der Waals surface area contributed by atoms with Crippen LogP contribution in [-0.2, 0) is 6.42 Å². The third kappa shape index (κ3) is 2.22. The van der Waals surface area contributed by atoms with Crippen LogP contribution in [0, 0.1) is 0 Å². The van der Waals surface area contributed by atoms with E-state index in [0.29, 0.717) is 6.42 Å². The fraction of sp³-hybridized carbons (Fsp3) is 0.400. The molecule has 1 aromatic carbocycles. The van der Waals surface area contributed by atoms with Gasteiger partial charge in [0.05, 0.1) is 0 Å². The van der Waals surface area contributed by atoms with Gasteiger partial charge in [-0.25, -0.2) is 0 Å². The van der Waals surface area contributed by atoms with Crippen LogP contribution in [-0.4, -0.2) is 0 Å². The topological polar surface area (TPSA) is 0 Å². The van der Waals surface area contributed by atoms with Gasteiger partial charge in [-0.05, 0) is 18.4 Å². The minimum Gasteiger partial charge on any atom is -0.0654 e. The Hall–Kier alpha value is -0.780. The molecule has 0 saturated heterocycles. The molecule has 0 aliphatic carbocycles. The van der Waals surface area contributed by atoms with E-state index < -0.39 is 6.85 Å². The molecule has 0 aliphatic rings. The first-order valence-electron chi connectivity index (χ1n) is 5.12. The zero-order chi connectivity index (χ0) is 9.73. The molecule has 0 fully saturated rings. The van der Waals surface area contributed by atoms with Crippen molar-refractivity contribution in [3.8, 4) is 0 Å². The maximum Gasteiger partial charge on any atom is 0.0230 e. The molecule has 0 aromatic heterocycles. The highest BCUT2D eigenvalue weighted by Crippen LogP contribution is 2.03. The normalized spacial score (nSPS) is 15.4. The fourth-order valence-electron chi connectivity index (χ4n) is 0.937. The highest BCUT2D eigenvalue weighted by atomic mass is 13.9. The number of hydrogen-bond donors (Lipinski definition) is 0. The summed E-state index contributed by atoms with van der Waals surface area (Å²) < 4.78 is 21.1. The fourth-order valence-corrected chi connectivity index (χ4v) is 0.937. The Balaban J connectivity index is 2.29. The molecule has 54 valence electrons. The maximum atomic E-state index is 7.03. The van der Waals surface area contributed by atoms with Crippen LogP contribution in [0.5, 0.6) is 0 Å². The van der Waals surface area contributed by atoms with E-state index in [2.05, 4.69) is 0 Å². The quantitative estimate of drug-likeness (QED) is 0.600. The van der Waals surface area contributed by atoms with E-state index in [9.17, 15) is 0 Å². The second-order valence-electron chi connectivity index (χ2n) is 2.34. The van der Waals surface area contributed by atoms with Gasteiger partial charge in [-0.15, -0.1) is 0 Å². The molecule has 0 heteroatoms. The number of aryl methyl sites for hydroxylation is 1. The van der Waals surface area contributed by atoms with Gasteiger partial charge in [0.1, 0.15) is 0 Å². The zero-order valence-electron chi connectivity index (χ0n) is 9.01. The number of hydrogen-bond acceptors (Lipinski definition) is 0. The van der Waals surface area contributed by atoms with Crippen LogP contribution in [0.4, 0.5) is 0 Å². The summed E-state index contributed by atoms with van der Waals surface area (Å²) in [6.45, 7) is -1.77. The van der Waals surface area contributed by atoms with Crippen molar-refractivity contribution in [2.24, 2.45) is 0 Å². The molecule has 0 atom stereocenters. The predicted octanol–water partition coefficient (Wildman–Crippen LogP) is 3.03. The number of rotatable bonds is 3. The largest absolute Gasteiger partial charge is 0.0654 e. The summed E-state index contributed by atoms with van der Waals surface area (Å²) in [4.78, 5) is 0. The van der Waals surface area contributed by atoms with Gasteiger partial charge >= 0.3 is 0 Å². The molecule has 0 nitrogen and oxygen atoms in total. The van der Waals surface area contributed by atoms with Crippen LogP contribution in [0.1, 0.15) is 29.4 Å². The molecule has 0 aliphatic heterocycles. The molecular formula is C10H14. The summed E-state index contributed by atoms with van der Waals surface area (Å²) in [6.07, 6.45) is 1.90. The Kier molecular flexibility index (Phi) is 1.71. The minimum atomic E-state index is -1.77. The lowest BCUT2D eigenvalue weighted by Gasteiger charge is -1.96. The van der Waals surface area contributed by atoms with E-state index in [1.54, 1.807) is 0 Å². The van der Waals surface area contributed by atoms with Crippen molar-refractivity contribution in [1.29, 1.82) is 0 Å². The van der Waals surface area contributed by atoms with Crippen molar-refractivity contribution in [1.82, 2.24) is 0 Å². The van der Waals surface area contributed by atoms with Gasteiger partial charge in [0.15, 0.2) is 0 Å². The predicted molar refractivity (Wildman–Crippen MR) is 45.1 cm³/mol. The monoisotopic (exact) mass is 137 g/mol. The smallest absolute Gasteiger partial charge is 0.0230 e. The molecule has 0 bridgehead atoms. The van der Waals surface area contributed by atoms with Crippen molar-refractivity contribution in [3.63, 3.8) is 0 Å². The molecule has 0 saturated carbocycles. The van der Waals surface area contributed by atoms with E-state index in [1.807, 2.05) is 30.3 Å². The van der Waals surface area contributed by atoms with E-state index >= 15 is 0 Å². The van der Waals surface area contributed by atoms with E-state index in [0.717, 1.165) is 12.8 Å². The molecule has 10 heavy (non-hydrogen) atoms. The molecule has 0 heterocycles. The van der Waals surface area contributed by atoms with Crippen LogP contribution in [0.3, 0.4) is 0 Å². The van der Waals surface area contributed by atoms with Crippen LogP contribution in [0.25, 0.3) is 0 Å². The van der Waals surface area contributed by atoms with E-state index in [-0.39, 0.29) is 0 Å². The Labute approximate surface area is 67.1 Å². The minimum absolute atomic E-state index is 0.307. The average molecular weight is 137 g/mol. The summed E-state index contributed by atoms with van der Waals surface area (Å²) in [5, 5.41) is 0. The first-order chi connectivity index (χ1) is 6.08. The summed E-state index contributed by atoms with van der Waals surface area (Å²) in [7, 11) is 0. The van der Waals surface area contributed by atoms with Crippen LogP contribution in [0.2, 0.25) is 0 Å². The van der Waals surface area contributed by atoms with Gasteiger partial charge in [0, 0.05) is 4.11 Å². The molecule has 1 aromatic rings. The van der Waals surface area contributed by atoms with Crippen molar-refractivity contribution >= 4 is 0 Å². The molecule has 0 radical (unpaired) electrons. The van der Waals surface area contributed by atoms with Gasteiger partial charge in [-0.3, -0.25) is 0 Å². The summed E-state index contributed by atoms with van der Waals surface area (Å²) >= 11 is 0. The Morgan fingerprint density at radius 1 is 1.30 bits per heavy atom. The SMILES string of the molecule is [2H]C([2H])([2H])CCCc1ccccc1. The van der Waals surface area contributed by atoms with Gasteiger partial charge in [-0.1, -0.05) is 43.6 Å². The number of benzene rings is 1. The molecule has 0 unspecified atom stereocenters. The highest BCUT2D eigenvalue weighted by molar-refractivity contribution is 5.14. The van der Waals surface area contributed by atoms with Crippen LogP contribution >= 0.6 is 0 Å². The lowest BCUT2D eigenvalue weighted by atomic mass is 10.1. The zero-order valence-corrected chi connectivity index (χ0v) is 6.01. The lowest BCUT2D eigenvalue weighted by molar-refractivity contribution is 0.795. The Morgan fingerprint density at radius 3 is 2.80 bits per heavy atom. The van der Waals surface area contributed by atoms with Crippen molar-refractivity contribution in [2.45, 2.75) is 26.1 Å². The van der Waals surface area contributed by atoms with Gasteiger partial charge in [0.25, 0.3) is 0 Å². The van der Waals surface area contributed by atoms with E-state index in [1.165, 1.54) is 5.56 Å².